The van der Waals surface area contributed by atoms with Crippen molar-refractivity contribution in [2.24, 2.45) is 5.92 Å². The second-order valence-electron chi connectivity index (χ2n) is 11.5. The molecule has 0 fully saturated rings. The summed E-state index contributed by atoms with van der Waals surface area (Å²) in [5, 5.41) is 27.5. The molecule has 0 saturated carbocycles. The van der Waals surface area contributed by atoms with Crippen LogP contribution in [0.1, 0.15) is 80.2 Å². The number of carboxylic acids is 1. The zero-order chi connectivity index (χ0) is 37.3. The summed E-state index contributed by atoms with van der Waals surface area (Å²) in [4.78, 5) is 74.5. The van der Waals surface area contributed by atoms with Crippen molar-refractivity contribution in [2.45, 2.75) is 71.4 Å². The van der Waals surface area contributed by atoms with E-state index in [1.165, 1.54) is 42.5 Å². The molecule has 3 unspecified atom stereocenters. The number of carbonyl (C=O) groups is 6. The molecule has 0 aliphatic heterocycles. The third kappa shape index (κ3) is 11.7. The van der Waals surface area contributed by atoms with Crippen LogP contribution < -0.4 is 25.4 Å². The van der Waals surface area contributed by atoms with Gasteiger partial charge in [-0.05, 0) is 56.2 Å². The molecule has 4 amide bonds. The van der Waals surface area contributed by atoms with Gasteiger partial charge in [-0.1, -0.05) is 57.4 Å². The van der Waals surface area contributed by atoms with Crippen molar-refractivity contribution in [3.05, 3.63) is 72.0 Å². The Morgan fingerprint density at radius 1 is 0.941 bits per heavy atom. The maximum atomic E-state index is 13.3. The van der Waals surface area contributed by atoms with E-state index in [9.17, 15) is 39.1 Å². The minimum Gasteiger partial charge on any atom is -0.493 e. The van der Waals surface area contributed by atoms with Crippen molar-refractivity contribution in [3.63, 3.8) is 0 Å². The molecular formula is C36H44N4O11. The van der Waals surface area contributed by atoms with E-state index in [0.717, 1.165) is 19.3 Å². The molecule has 1 heterocycles. The molecule has 5 N–H and O–H groups in total. The Morgan fingerprint density at radius 2 is 1.69 bits per heavy atom. The standard InChI is InChI=1S/C36H44N4O11/c1-4-7-9-14-25(28(5-2)40(48)22-41)33(44)37-21-38-35(46)30-18-17-29(51-30)23-15-16-26(31(19-23)49-6-3)34(45)39-27(20-32(42)43)36(47)50-24-12-10-8-11-13-24/h8,10-13,15-19,22,25,27-28,48H,4-7,9,14,20-21H2,1-3H3,(H,37,44)(H,38,46)(H,39,45)(H,42,43). The number of esters is 1. The van der Waals surface area contributed by atoms with Crippen molar-refractivity contribution in [2.75, 3.05) is 13.3 Å². The lowest BCUT2D eigenvalue weighted by molar-refractivity contribution is -0.168. The van der Waals surface area contributed by atoms with Crippen LogP contribution in [-0.4, -0.2) is 76.8 Å². The largest absolute Gasteiger partial charge is 0.493 e. The van der Waals surface area contributed by atoms with Crippen molar-refractivity contribution < 1.29 is 53.0 Å². The van der Waals surface area contributed by atoms with E-state index in [1.807, 2.05) is 6.92 Å². The third-order valence-corrected chi connectivity index (χ3v) is 7.87. The first-order valence-electron chi connectivity index (χ1n) is 16.7. The number of hydrogen-bond acceptors (Lipinski definition) is 10. The molecule has 0 spiro atoms. The Bertz CT molecular complexity index is 1640. The molecule has 3 atom stereocenters. The highest BCUT2D eigenvalue weighted by Crippen LogP contribution is 2.29. The van der Waals surface area contributed by atoms with E-state index in [1.54, 1.807) is 32.0 Å². The monoisotopic (exact) mass is 708 g/mol. The quantitative estimate of drug-likeness (QED) is 0.0202. The van der Waals surface area contributed by atoms with Crippen molar-refractivity contribution >= 4 is 36.1 Å². The predicted molar refractivity (Wildman–Crippen MR) is 183 cm³/mol. The van der Waals surface area contributed by atoms with E-state index in [4.69, 9.17) is 13.9 Å². The highest BCUT2D eigenvalue weighted by molar-refractivity contribution is 6.00. The van der Waals surface area contributed by atoms with Gasteiger partial charge in [-0.2, -0.15) is 0 Å². The first kappa shape index (κ1) is 39.7. The second kappa shape index (κ2) is 20.1. The van der Waals surface area contributed by atoms with Crippen molar-refractivity contribution in [1.29, 1.82) is 0 Å². The highest BCUT2D eigenvalue weighted by atomic mass is 16.5. The molecule has 0 aliphatic rings. The average Bonchev–Trinajstić information content (AvgIpc) is 3.62. The van der Waals surface area contributed by atoms with Crippen LogP contribution in [0.15, 0.2) is 65.1 Å². The van der Waals surface area contributed by atoms with Gasteiger partial charge in [0.25, 0.3) is 11.8 Å². The van der Waals surface area contributed by atoms with E-state index in [0.29, 0.717) is 23.5 Å². The first-order valence-corrected chi connectivity index (χ1v) is 16.7. The molecule has 274 valence electrons. The number of benzene rings is 2. The topological polar surface area (TPSA) is 214 Å². The Balaban J connectivity index is 1.69. The van der Waals surface area contributed by atoms with Crippen LogP contribution >= 0.6 is 0 Å². The second-order valence-corrected chi connectivity index (χ2v) is 11.5. The van der Waals surface area contributed by atoms with Crippen LogP contribution in [0.3, 0.4) is 0 Å². The first-order chi connectivity index (χ1) is 24.5. The molecule has 3 aromatic rings. The third-order valence-electron chi connectivity index (χ3n) is 7.87. The zero-order valence-corrected chi connectivity index (χ0v) is 28.8. The van der Waals surface area contributed by atoms with Crippen LogP contribution in [0.25, 0.3) is 11.3 Å². The number of para-hydroxylation sites is 1. The molecule has 3 rings (SSSR count). The maximum Gasteiger partial charge on any atom is 0.334 e. The number of hydrogen-bond donors (Lipinski definition) is 5. The number of nitrogens with one attached hydrogen (secondary N) is 3. The Hall–Kier alpha value is -5.70. The van der Waals surface area contributed by atoms with Crippen LogP contribution in [-0.2, 0) is 19.2 Å². The molecule has 15 heteroatoms. The molecule has 0 radical (unpaired) electrons. The molecule has 51 heavy (non-hydrogen) atoms. The lowest BCUT2D eigenvalue weighted by atomic mass is 9.90. The summed E-state index contributed by atoms with van der Waals surface area (Å²) in [7, 11) is 0. The highest BCUT2D eigenvalue weighted by Gasteiger charge is 2.31. The van der Waals surface area contributed by atoms with Gasteiger partial charge in [-0.25, -0.2) is 9.86 Å². The molecule has 1 aromatic heterocycles. The molecule has 0 aliphatic carbocycles. The fraction of sp³-hybridized carbons (Fsp3) is 0.389. The zero-order valence-electron chi connectivity index (χ0n) is 28.8. The summed E-state index contributed by atoms with van der Waals surface area (Å²) in [6, 6.07) is 13.2. The van der Waals surface area contributed by atoms with E-state index in [-0.39, 0.29) is 48.3 Å². The minimum atomic E-state index is -1.50. The summed E-state index contributed by atoms with van der Waals surface area (Å²) in [5.41, 5.74) is 0.455. The number of amides is 4. The SMILES string of the molecule is CCCCCC(C(=O)NCNC(=O)c1ccc(-c2ccc(C(=O)NC(CC(=O)O)C(=O)Oc3ccccc3)c(OCC)c2)o1)C(CC)N(O)C=O. The number of carboxylic acid groups (broad SMARTS) is 1. The molecule has 0 saturated heterocycles. The van der Waals surface area contributed by atoms with Gasteiger partial charge in [0, 0.05) is 5.56 Å². The number of carbonyl (C=O) groups excluding carboxylic acids is 5. The van der Waals surface area contributed by atoms with Gasteiger partial charge in [0.15, 0.2) is 5.76 Å². The number of unbranched alkanes of at least 4 members (excludes halogenated alkanes) is 2. The predicted octanol–water partition coefficient (Wildman–Crippen LogP) is 4.15. The smallest absolute Gasteiger partial charge is 0.334 e. The van der Waals surface area contributed by atoms with Crippen molar-refractivity contribution in [3.8, 4) is 22.8 Å². The number of aliphatic carboxylic acids is 1. The van der Waals surface area contributed by atoms with Gasteiger partial charge >= 0.3 is 11.9 Å². The van der Waals surface area contributed by atoms with Gasteiger partial charge in [-0.3, -0.25) is 29.2 Å². The lowest BCUT2D eigenvalue weighted by Crippen LogP contribution is -2.47. The number of rotatable bonds is 21. The van der Waals surface area contributed by atoms with Gasteiger partial charge < -0.3 is 34.9 Å². The van der Waals surface area contributed by atoms with E-state index in [2.05, 4.69) is 16.0 Å². The number of hydroxylamine groups is 2. The average molecular weight is 709 g/mol. The molecule has 2 aromatic carbocycles. The summed E-state index contributed by atoms with van der Waals surface area (Å²) >= 11 is 0. The van der Waals surface area contributed by atoms with Gasteiger partial charge in [-0.15, -0.1) is 0 Å². The maximum absolute atomic E-state index is 13.3. The van der Waals surface area contributed by atoms with Gasteiger partial charge in [0.1, 0.15) is 23.3 Å². The summed E-state index contributed by atoms with van der Waals surface area (Å²) < 4.78 is 16.7. The lowest BCUT2D eigenvalue weighted by Gasteiger charge is -2.29. The van der Waals surface area contributed by atoms with Gasteiger partial charge in [0.05, 0.1) is 37.2 Å². The minimum absolute atomic E-state index is 0.0135. The number of nitrogens with zero attached hydrogens (tertiary/aromatic N) is 1. The van der Waals surface area contributed by atoms with E-state index >= 15 is 0 Å². The van der Waals surface area contributed by atoms with Crippen LogP contribution in [0.4, 0.5) is 0 Å². The number of furan rings is 1. The normalized spacial score (nSPS) is 12.5. The van der Waals surface area contributed by atoms with Crippen LogP contribution in [0.2, 0.25) is 0 Å². The Morgan fingerprint density at radius 3 is 2.33 bits per heavy atom. The number of ether oxygens (including phenoxy) is 2. The van der Waals surface area contributed by atoms with Crippen molar-refractivity contribution in [1.82, 2.24) is 21.0 Å². The fourth-order valence-electron chi connectivity index (χ4n) is 5.31. The summed E-state index contributed by atoms with van der Waals surface area (Å²) in [6.45, 7) is 5.41. The van der Waals surface area contributed by atoms with E-state index < -0.39 is 54.1 Å². The molecule has 0 bridgehead atoms. The van der Waals surface area contributed by atoms with Gasteiger partial charge in [0.2, 0.25) is 12.3 Å². The summed E-state index contributed by atoms with van der Waals surface area (Å²) in [6.07, 6.45) is 2.89. The Kier molecular flexibility index (Phi) is 15.7. The summed E-state index contributed by atoms with van der Waals surface area (Å²) in [5.74, 6) is -4.31. The molecule has 15 nitrogen and oxygen atoms in total. The fourth-order valence-corrected chi connectivity index (χ4v) is 5.31. The van der Waals surface area contributed by atoms with Crippen LogP contribution in [0.5, 0.6) is 11.5 Å². The Labute approximate surface area is 295 Å². The molecular weight excluding hydrogens is 664 g/mol. The van der Waals surface area contributed by atoms with Crippen LogP contribution in [0, 0.1) is 5.92 Å².